The van der Waals surface area contributed by atoms with Crippen LogP contribution in [0.3, 0.4) is 0 Å². The smallest absolute Gasteiger partial charge is 0.253 e. The molecule has 0 saturated heterocycles. The lowest BCUT2D eigenvalue weighted by molar-refractivity contribution is 0.0785. The highest BCUT2D eigenvalue weighted by atomic mass is 32.1. The predicted molar refractivity (Wildman–Crippen MR) is 86.2 cm³/mol. The molecule has 108 valence electrons. The summed E-state index contributed by atoms with van der Waals surface area (Å²) >= 11 is 4.95. The molecule has 0 saturated carbocycles. The number of phenolic OH excluding ortho intramolecular Hbond substituents is 1. The molecule has 0 spiro atoms. The summed E-state index contributed by atoms with van der Waals surface area (Å²) in [5.74, 6) is 0.0223. The fourth-order valence-electron chi connectivity index (χ4n) is 1.99. The minimum Gasteiger partial charge on any atom is -0.508 e. The summed E-state index contributed by atoms with van der Waals surface area (Å²) < 4.78 is 0. The number of thiocarbonyl (C=S) groups is 1. The predicted octanol–water partition coefficient (Wildman–Crippen LogP) is 2.30. The first-order valence-corrected chi connectivity index (χ1v) is 6.81. The zero-order valence-electron chi connectivity index (χ0n) is 11.6. The lowest BCUT2D eigenvalue weighted by Crippen LogP contribution is -2.26. The van der Waals surface area contributed by atoms with Gasteiger partial charge in [-0.15, -0.1) is 0 Å². The van der Waals surface area contributed by atoms with Crippen LogP contribution in [0.5, 0.6) is 5.75 Å². The molecule has 0 aromatic heterocycles. The number of nitrogens with two attached hydrogens (primary N) is 1. The summed E-state index contributed by atoms with van der Waals surface area (Å²) in [6.45, 7) is 0.455. The Hall–Kier alpha value is -2.40. The molecule has 1 amide bonds. The van der Waals surface area contributed by atoms with Crippen molar-refractivity contribution < 1.29 is 9.90 Å². The standard InChI is InChI=1S/C16H16N2O2S/c1-18(16(20)12-5-7-14(19)8-6-12)10-11-3-2-4-13(9-11)15(17)21/h2-9,19H,10H2,1H3,(H2,17,21). The molecule has 0 radical (unpaired) electrons. The van der Waals surface area contributed by atoms with Gasteiger partial charge in [-0.05, 0) is 35.9 Å². The molecule has 0 atom stereocenters. The van der Waals surface area contributed by atoms with Gasteiger partial charge in [-0.3, -0.25) is 4.79 Å². The van der Waals surface area contributed by atoms with Crippen molar-refractivity contribution in [3.05, 3.63) is 65.2 Å². The topological polar surface area (TPSA) is 66.6 Å². The van der Waals surface area contributed by atoms with E-state index in [1.54, 1.807) is 24.1 Å². The van der Waals surface area contributed by atoms with Gasteiger partial charge in [0.1, 0.15) is 10.7 Å². The molecule has 0 aliphatic rings. The molecule has 0 aliphatic heterocycles. The van der Waals surface area contributed by atoms with E-state index in [1.807, 2.05) is 24.3 Å². The Morgan fingerprint density at radius 1 is 1.19 bits per heavy atom. The average molecular weight is 300 g/mol. The van der Waals surface area contributed by atoms with Gasteiger partial charge in [-0.1, -0.05) is 30.4 Å². The van der Waals surface area contributed by atoms with Gasteiger partial charge < -0.3 is 15.7 Å². The van der Waals surface area contributed by atoms with E-state index in [-0.39, 0.29) is 11.7 Å². The second-order valence-electron chi connectivity index (χ2n) is 4.77. The van der Waals surface area contributed by atoms with Crippen molar-refractivity contribution in [2.75, 3.05) is 7.05 Å². The third-order valence-electron chi connectivity index (χ3n) is 3.09. The lowest BCUT2D eigenvalue weighted by Gasteiger charge is -2.18. The first-order valence-electron chi connectivity index (χ1n) is 6.40. The second-order valence-corrected chi connectivity index (χ2v) is 5.21. The SMILES string of the molecule is CN(Cc1cccc(C(N)=S)c1)C(=O)c1ccc(O)cc1. The number of rotatable bonds is 4. The van der Waals surface area contributed by atoms with Crippen molar-refractivity contribution in [3.8, 4) is 5.75 Å². The van der Waals surface area contributed by atoms with Crippen LogP contribution in [0.2, 0.25) is 0 Å². The normalized spacial score (nSPS) is 10.1. The van der Waals surface area contributed by atoms with Crippen molar-refractivity contribution in [2.45, 2.75) is 6.54 Å². The summed E-state index contributed by atoms with van der Waals surface area (Å²) in [7, 11) is 1.72. The fourth-order valence-corrected chi connectivity index (χ4v) is 2.12. The number of aromatic hydroxyl groups is 1. The van der Waals surface area contributed by atoms with E-state index >= 15 is 0 Å². The molecule has 0 aliphatic carbocycles. The van der Waals surface area contributed by atoms with E-state index in [9.17, 15) is 9.90 Å². The third-order valence-corrected chi connectivity index (χ3v) is 3.33. The van der Waals surface area contributed by atoms with Gasteiger partial charge >= 0.3 is 0 Å². The number of carbonyl (C=O) groups is 1. The van der Waals surface area contributed by atoms with E-state index < -0.39 is 0 Å². The molecule has 21 heavy (non-hydrogen) atoms. The summed E-state index contributed by atoms with van der Waals surface area (Å²) in [6, 6.07) is 13.7. The van der Waals surface area contributed by atoms with Crippen molar-refractivity contribution in [1.82, 2.24) is 4.90 Å². The van der Waals surface area contributed by atoms with E-state index in [1.165, 1.54) is 12.1 Å². The van der Waals surface area contributed by atoms with Crippen molar-refractivity contribution in [1.29, 1.82) is 0 Å². The Morgan fingerprint density at radius 3 is 2.48 bits per heavy atom. The monoisotopic (exact) mass is 300 g/mol. The Balaban J connectivity index is 2.12. The second kappa shape index (κ2) is 6.37. The highest BCUT2D eigenvalue weighted by molar-refractivity contribution is 7.80. The third kappa shape index (κ3) is 3.79. The van der Waals surface area contributed by atoms with Gasteiger partial charge in [0.2, 0.25) is 0 Å². The van der Waals surface area contributed by atoms with E-state index in [0.717, 1.165) is 11.1 Å². The molecule has 2 rings (SSSR count). The molecular weight excluding hydrogens is 284 g/mol. The maximum Gasteiger partial charge on any atom is 0.253 e. The van der Waals surface area contributed by atoms with Crippen LogP contribution in [0.25, 0.3) is 0 Å². The van der Waals surface area contributed by atoms with Crippen molar-refractivity contribution in [3.63, 3.8) is 0 Å². The Morgan fingerprint density at radius 2 is 1.86 bits per heavy atom. The minimum atomic E-state index is -0.115. The maximum atomic E-state index is 12.3. The van der Waals surface area contributed by atoms with Crippen LogP contribution in [-0.2, 0) is 6.54 Å². The number of amides is 1. The van der Waals surface area contributed by atoms with E-state index in [4.69, 9.17) is 18.0 Å². The Bertz CT molecular complexity index is 668. The van der Waals surface area contributed by atoms with Gasteiger partial charge in [-0.25, -0.2) is 0 Å². The van der Waals surface area contributed by atoms with Gasteiger partial charge in [0, 0.05) is 24.7 Å². The molecular formula is C16H16N2O2S. The summed E-state index contributed by atoms with van der Waals surface area (Å²) in [5, 5.41) is 9.25. The highest BCUT2D eigenvalue weighted by Crippen LogP contribution is 2.13. The van der Waals surface area contributed by atoms with Crippen LogP contribution < -0.4 is 5.73 Å². The Labute approximate surface area is 128 Å². The van der Waals surface area contributed by atoms with Crippen LogP contribution in [0, 0.1) is 0 Å². The maximum absolute atomic E-state index is 12.3. The van der Waals surface area contributed by atoms with Crippen LogP contribution in [-0.4, -0.2) is 27.9 Å². The molecule has 3 N–H and O–H groups in total. The van der Waals surface area contributed by atoms with Crippen LogP contribution >= 0.6 is 12.2 Å². The first-order chi connectivity index (χ1) is 9.97. The number of carbonyl (C=O) groups excluding carboxylic acids is 1. The molecule has 0 bridgehead atoms. The first kappa shape index (κ1) is 15.0. The zero-order chi connectivity index (χ0) is 15.4. The number of phenols is 1. The van der Waals surface area contributed by atoms with Crippen LogP contribution in [0.4, 0.5) is 0 Å². The van der Waals surface area contributed by atoms with E-state index in [0.29, 0.717) is 17.1 Å². The molecule has 2 aromatic rings. The highest BCUT2D eigenvalue weighted by Gasteiger charge is 2.12. The summed E-state index contributed by atoms with van der Waals surface area (Å²) in [5.41, 5.74) is 7.87. The fraction of sp³-hybridized carbons (Fsp3) is 0.125. The van der Waals surface area contributed by atoms with Gasteiger partial charge in [0.25, 0.3) is 5.91 Å². The quantitative estimate of drug-likeness (QED) is 0.850. The lowest BCUT2D eigenvalue weighted by atomic mass is 10.1. The number of hydrogen-bond donors (Lipinski definition) is 2. The molecule has 0 unspecified atom stereocenters. The van der Waals surface area contributed by atoms with Gasteiger partial charge in [0.15, 0.2) is 0 Å². The Kier molecular flexibility index (Phi) is 4.55. The number of benzene rings is 2. The molecule has 4 nitrogen and oxygen atoms in total. The van der Waals surface area contributed by atoms with Crippen molar-refractivity contribution in [2.24, 2.45) is 5.73 Å². The number of hydrogen-bond acceptors (Lipinski definition) is 3. The van der Waals surface area contributed by atoms with Gasteiger partial charge in [-0.2, -0.15) is 0 Å². The number of nitrogens with zero attached hydrogens (tertiary/aromatic N) is 1. The summed E-state index contributed by atoms with van der Waals surface area (Å²) in [4.78, 5) is 14.2. The summed E-state index contributed by atoms with van der Waals surface area (Å²) in [6.07, 6.45) is 0. The van der Waals surface area contributed by atoms with E-state index in [2.05, 4.69) is 0 Å². The average Bonchev–Trinajstić information content (AvgIpc) is 2.47. The van der Waals surface area contributed by atoms with Crippen molar-refractivity contribution >= 4 is 23.1 Å². The largest absolute Gasteiger partial charge is 0.508 e. The molecule has 0 heterocycles. The van der Waals surface area contributed by atoms with Gasteiger partial charge in [0.05, 0.1) is 0 Å². The molecule has 0 fully saturated rings. The zero-order valence-corrected chi connectivity index (χ0v) is 12.4. The molecule has 2 aromatic carbocycles. The molecule has 5 heteroatoms. The van der Waals surface area contributed by atoms with Crippen LogP contribution in [0.15, 0.2) is 48.5 Å². The minimum absolute atomic E-state index is 0.115. The van der Waals surface area contributed by atoms with Crippen LogP contribution in [0.1, 0.15) is 21.5 Å².